The van der Waals surface area contributed by atoms with Gasteiger partial charge in [0.1, 0.15) is 0 Å². The average molecular weight is 416 g/mol. The molecule has 5 rings (SSSR count). The van der Waals surface area contributed by atoms with E-state index < -0.39 is 5.25 Å². The Morgan fingerprint density at radius 1 is 1.03 bits per heavy atom. The Balaban J connectivity index is 1.23. The van der Waals surface area contributed by atoms with Gasteiger partial charge < -0.3 is 15.5 Å². The molecule has 0 radical (unpaired) electrons. The summed E-state index contributed by atoms with van der Waals surface area (Å²) in [4.78, 5) is 28.1. The Morgan fingerprint density at radius 2 is 1.80 bits per heavy atom. The van der Waals surface area contributed by atoms with Crippen LogP contribution in [0.1, 0.15) is 12.0 Å². The molecule has 150 valence electrons. The zero-order valence-corrected chi connectivity index (χ0v) is 17.1. The van der Waals surface area contributed by atoms with Crippen LogP contribution >= 0.6 is 11.8 Å². The normalized spacial score (nSPS) is 17.1. The fourth-order valence-electron chi connectivity index (χ4n) is 3.94. The second-order valence-electron chi connectivity index (χ2n) is 7.42. The van der Waals surface area contributed by atoms with E-state index in [0.717, 1.165) is 34.9 Å². The minimum Gasteiger partial charge on any atom is -0.341 e. The Hall–Kier alpha value is -3.25. The van der Waals surface area contributed by atoms with Crippen LogP contribution < -0.4 is 15.5 Å². The number of benzene rings is 3. The lowest BCUT2D eigenvalue weighted by Crippen LogP contribution is -2.32. The number of nitrogens with zero attached hydrogens (tertiary/aromatic N) is 1. The third-order valence-electron chi connectivity index (χ3n) is 5.43. The summed E-state index contributed by atoms with van der Waals surface area (Å²) in [6.07, 6.45) is 1.17. The molecule has 2 aliphatic rings. The first-order valence-electron chi connectivity index (χ1n) is 9.99. The van der Waals surface area contributed by atoms with Gasteiger partial charge in [0.15, 0.2) is 0 Å². The van der Waals surface area contributed by atoms with Gasteiger partial charge in [0.25, 0.3) is 0 Å². The molecule has 30 heavy (non-hydrogen) atoms. The smallest absolute Gasteiger partial charge is 0.238 e. The van der Waals surface area contributed by atoms with Crippen LogP contribution in [0.4, 0.5) is 22.7 Å². The van der Waals surface area contributed by atoms with Gasteiger partial charge in [0, 0.05) is 34.9 Å². The number of amides is 2. The molecule has 6 heteroatoms. The quantitative estimate of drug-likeness (QED) is 0.641. The molecule has 0 fully saturated rings. The number of carbonyl (C=O) groups excluding carboxylic acids is 2. The lowest BCUT2D eigenvalue weighted by Gasteiger charge is -2.23. The monoisotopic (exact) mass is 415 g/mol. The van der Waals surface area contributed by atoms with Crippen molar-refractivity contribution in [1.29, 1.82) is 0 Å². The number of rotatable bonds is 4. The zero-order chi connectivity index (χ0) is 20.5. The van der Waals surface area contributed by atoms with Crippen LogP contribution in [-0.2, 0) is 16.0 Å². The fraction of sp³-hybridized carbons (Fsp3) is 0.167. The lowest BCUT2D eigenvalue weighted by atomic mass is 10.2. The summed E-state index contributed by atoms with van der Waals surface area (Å²) in [7, 11) is 0. The van der Waals surface area contributed by atoms with Gasteiger partial charge in [-0.3, -0.25) is 9.59 Å². The highest BCUT2D eigenvalue weighted by Crippen LogP contribution is 2.37. The zero-order valence-electron chi connectivity index (χ0n) is 16.3. The van der Waals surface area contributed by atoms with Crippen molar-refractivity contribution in [2.45, 2.75) is 23.0 Å². The summed E-state index contributed by atoms with van der Waals surface area (Å²) in [5.41, 5.74) is 5.26. The van der Waals surface area contributed by atoms with Crippen molar-refractivity contribution >= 4 is 46.3 Å². The van der Waals surface area contributed by atoms with E-state index in [1.54, 1.807) is 0 Å². The number of nitrogens with one attached hydrogen (secondary N) is 2. The van der Waals surface area contributed by atoms with Crippen LogP contribution in [0.3, 0.4) is 0 Å². The predicted octanol–water partition coefficient (Wildman–Crippen LogP) is 4.82. The first-order valence-corrected chi connectivity index (χ1v) is 10.9. The molecule has 0 saturated carbocycles. The van der Waals surface area contributed by atoms with Crippen LogP contribution in [-0.4, -0.2) is 23.6 Å². The molecule has 5 nitrogen and oxygen atoms in total. The Bertz CT molecular complexity index is 1110. The van der Waals surface area contributed by atoms with E-state index in [1.165, 1.54) is 23.0 Å². The SMILES string of the molecule is O=C(CC1Sc2ccccc2NC1=O)Nc1ccc(N2CCc3ccccc32)cc1. The highest BCUT2D eigenvalue weighted by atomic mass is 32.2. The third kappa shape index (κ3) is 3.66. The maximum absolute atomic E-state index is 12.5. The summed E-state index contributed by atoms with van der Waals surface area (Å²) in [6.45, 7) is 0.959. The van der Waals surface area contributed by atoms with Crippen molar-refractivity contribution in [3.63, 3.8) is 0 Å². The van der Waals surface area contributed by atoms with Crippen molar-refractivity contribution < 1.29 is 9.59 Å². The van der Waals surface area contributed by atoms with Gasteiger partial charge >= 0.3 is 0 Å². The van der Waals surface area contributed by atoms with Gasteiger partial charge in [-0.2, -0.15) is 0 Å². The van der Waals surface area contributed by atoms with Gasteiger partial charge in [-0.1, -0.05) is 30.3 Å². The first-order chi connectivity index (χ1) is 14.7. The minimum atomic E-state index is -0.430. The lowest BCUT2D eigenvalue weighted by molar-refractivity contribution is -0.120. The van der Waals surface area contributed by atoms with Gasteiger partial charge in [-0.05, 0) is 54.4 Å². The number of thioether (sulfide) groups is 1. The van der Waals surface area contributed by atoms with Gasteiger partial charge in [-0.15, -0.1) is 11.8 Å². The summed E-state index contributed by atoms with van der Waals surface area (Å²) in [6, 6.07) is 24.0. The topological polar surface area (TPSA) is 61.4 Å². The first kappa shape index (κ1) is 18.8. The van der Waals surface area contributed by atoms with E-state index in [9.17, 15) is 9.59 Å². The third-order valence-corrected chi connectivity index (χ3v) is 6.70. The summed E-state index contributed by atoms with van der Waals surface area (Å²) in [5, 5.41) is 5.37. The average Bonchev–Trinajstić information content (AvgIpc) is 3.19. The molecule has 0 spiro atoms. The Morgan fingerprint density at radius 3 is 2.67 bits per heavy atom. The molecule has 3 aromatic rings. The van der Waals surface area contributed by atoms with Crippen LogP contribution in [0.15, 0.2) is 77.7 Å². The van der Waals surface area contributed by atoms with Crippen molar-refractivity contribution in [2.24, 2.45) is 0 Å². The molecular formula is C24H21N3O2S. The number of hydrogen-bond donors (Lipinski definition) is 2. The van der Waals surface area contributed by atoms with Gasteiger partial charge in [-0.25, -0.2) is 0 Å². The molecule has 0 aliphatic carbocycles. The summed E-state index contributed by atoms with van der Waals surface area (Å²) in [5.74, 6) is -0.293. The molecule has 0 bridgehead atoms. The Kier molecular flexibility index (Phi) is 4.93. The maximum Gasteiger partial charge on any atom is 0.238 e. The van der Waals surface area contributed by atoms with Gasteiger partial charge in [0.2, 0.25) is 11.8 Å². The molecule has 3 aromatic carbocycles. The molecule has 2 N–H and O–H groups in total. The highest BCUT2D eigenvalue weighted by molar-refractivity contribution is 8.01. The van der Waals surface area contributed by atoms with Crippen LogP contribution in [0.5, 0.6) is 0 Å². The van der Waals surface area contributed by atoms with E-state index in [-0.39, 0.29) is 18.2 Å². The maximum atomic E-state index is 12.5. The number of hydrogen-bond acceptors (Lipinski definition) is 4. The van der Waals surface area contributed by atoms with Crippen molar-refractivity contribution in [3.8, 4) is 0 Å². The van der Waals surface area contributed by atoms with E-state index in [2.05, 4.69) is 39.8 Å². The predicted molar refractivity (Wildman–Crippen MR) is 122 cm³/mol. The molecule has 2 heterocycles. The summed E-state index contributed by atoms with van der Waals surface area (Å²) < 4.78 is 0. The standard InChI is InChI=1S/C24H21N3O2S/c28-23(15-22-24(29)26-19-6-2-4-8-21(19)30-22)25-17-9-11-18(12-10-17)27-14-13-16-5-1-3-7-20(16)27/h1-12,22H,13-15H2,(H,25,28)(H,26,29). The molecule has 2 amide bonds. The second kappa shape index (κ2) is 7.88. The number of para-hydroxylation sites is 2. The largest absolute Gasteiger partial charge is 0.341 e. The van der Waals surface area contributed by atoms with Gasteiger partial charge in [0.05, 0.1) is 10.9 Å². The minimum absolute atomic E-state index is 0.128. The van der Waals surface area contributed by atoms with Crippen LogP contribution in [0.2, 0.25) is 0 Å². The van der Waals surface area contributed by atoms with Crippen molar-refractivity contribution in [3.05, 3.63) is 78.4 Å². The molecule has 2 aliphatic heterocycles. The molecule has 1 atom stereocenters. The second-order valence-corrected chi connectivity index (χ2v) is 8.67. The fourth-order valence-corrected chi connectivity index (χ4v) is 5.05. The Labute approximate surface area is 179 Å². The van der Waals surface area contributed by atoms with E-state index >= 15 is 0 Å². The van der Waals surface area contributed by atoms with E-state index in [0.29, 0.717) is 0 Å². The number of carbonyl (C=O) groups is 2. The number of anilines is 4. The molecular weight excluding hydrogens is 394 g/mol. The molecule has 0 saturated heterocycles. The molecule has 0 aromatic heterocycles. The van der Waals surface area contributed by atoms with Crippen molar-refractivity contribution in [1.82, 2.24) is 0 Å². The van der Waals surface area contributed by atoms with Crippen LogP contribution in [0.25, 0.3) is 0 Å². The van der Waals surface area contributed by atoms with Crippen LogP contribution in [0, 0.1) is 0 Å². The highest BCUT2D eigenvalue weighted by Gasteiger charge is 2.28. The van der Waals surface area contributed by atoms with E-state index in [4.69, 9.17) is 0 Å². The number of fused-ring (bicyclic) bond motifs is 2. The van der Waals surface area contributed by atoms with Crippen molar-refractivity contribution in [2.75, 3.05) is 22.1 Å². The summed E-state index contributed by atoms with van der Waals surface area (Å²) >= 11 is 1.44. The van der Waals surface area contributed by atoms with E-state index in [1.807, 2.05) is 48.5 Å². The molecule has 1 unspecified atom stereocenters.